The summed E-state index contributed by atoms with van der Waals surface area (Å²) < 4.78 is 0. The lowest BCUT2D eigenvalue weighted by atomic mass is 10.1. The third-order valence-electron chi connectivity index (χ3n) is 3.85. The van der Waals surface area contributed by atoms with E-state index in [-0.39, 0.29) is 12.3 Å². The Morgan fingerprint density at radius 3 is 2.80 bits per heavy atom. The van der Waals surface area contributed by atoms with E-state index >= 15 is 0 Å². The number of amides is 1. The number of carbonyl (C=O) groups is 1. The molecule has 4 rings (SSSR count). The SMILES string of the molecule is O=C1Cc2cnc(Nc3ccccc3Cl)nc2-c2ccc(Cl)cc2N1. The molecule has 0 fully saturated rings. The molecule has 7 heteroatoms. The number of anilines is 3. The Hall–Kier alpha value is -2.63. The van der Waals surface area contributed by atoms with E-state index in [1.54, 1.807) is 24.4 Å². The van der Waals surface area contributed by atoms with Gasteiger partial charge in [-0.1, -0.05) is 35.3 Å². The predicted molar refractivity (Wildman–Crippen MR) is 99.5 cm³/mol. The molecule has 0 spiro atoms. The van der Waals surface area contributed by atoms with Gasteiger partial charge in [0.15, 0.2) is 0 Å². The van der Waals surface area contributed by atoms with Gasteiger partial charge in [0, 0.05) is 22.3 Å². The highest BCUT2D eigenvalue weighted by atomic mass is 35.5. The van der Waals surface area contributed by atoms with Gasteiger partial charge >= 0.3 is 0 Å². The topological polar surface area (TPSA) is 66.9 Å². The molecule has 0 saturated heterocycles. The lowest BCUT2D eigenvalue weighted by Gasteiger charge is -2.11. The second kappa shape index (κ2) is 6.35. The van der Waals surface area contributed by atoms with Crippen LogP contribution in [0.2, 0.25) is 10.0 Å². The Labute approximate surface area is 154 Å². The van der Waals surface area contributed by atoms with E-state index in [9.17, 15) is 4.79 Å². The molecule has 25 heavy (non-hydrogen) atoms. The first-order chi connectivity index (χ1) is 12.1. The molecule has 0 unspecified atom stereocenters. The minimum atomic E-state index is -0.127. The number of hydrogen-bond donors (Lipinski definition) is 2. The van der Waals surface area contributed by atoms with Crippen molar-refractivity contribution in [1.82, 2.24) is 9.97 Å². The average molecular weight is 371 g/mol. The van der Waals surface area contributed by atoms with Crippen LogP contribution in [0, 0.1) is 0 Å². The van der Waals surface area contributed by atoms with Crippen molar-refractivity contribution < 1.29 is 4.79 Å². The van der Waals surface area contributed by atoms with Crippen LogP contribution in [-0.2, 0) is 11.2 Å². The maximum absolute atomic E-state index is 12.1. The number of nitrogens with zero attached hydrogens (tertiary/aromatic N) is 2. The lowest BCUT2D eigenvalue weighted by Crippen LogP contribution is -2.12. The third kappa shape index (κ3) is 3.16. The Morgan fingerprint density at radius 1 is 1.12 bits per heavy atom. The Kier molecular flexibility index (Phi) is 4.03. The van der Waals surface area contributed by atoms with Gasteiger partial charge in [0.2, 0.25) is 11.9 Å². The molecule has 1 aliphatic heterocycles. The van der Waals surface area contributed by atoms with Crippen LogP contribution in [0.25, 0.3) is 11.3 Å². The summed E-state index contributed by atoms with van der Waals surface area (Å²) in [7, 11) is 0. The first-order valence-corrected chi connectivity index (χ1v) is 8.33. The fraction of sp³-hybridized carbons (Fsp3) is 0.0556. The number of hydrogen-bond acceptors (Lipinski definition) is 4. The quantitative estimate of drug-likeness (QED) is 0.686. The molecule has 1 aromatic heterocycles. The Balaban J connectivity index is 1.80. The van der Waals surface area contributed by atoms with Crippen molar-refractivity contribution in [2.45, 2.75) is 6.42 Å². The van der Waals surface area contributed by atoms with Gasteiger partial charge in [-0.2, -0.15) is 0 Å². The molecule has 124 valence electrons. The van der Waals surface area contributed by atoms with Gasteiger partial charge in [-0.3, -0.25) is 4.79 Å². The van der Waals surface area contributed by atoms with Crippen molar-refractivity contribution in [3.63, 3.8) is 0 Å². The summed E-state index contributed by atoms with van der Waals surface area (Å²) in [4.78, 5) is 21.0. The predicted octanol–water partition coefficient (Wildman–Crippen LogP) is 4.69. The summed E-state index contributed by atoms with van der Waals surface area (Å²) in [6.45, 7) is 0. The fourth-order valence-corrected chi connectivity index (χ4v) is 3.06. The van der Waals surface area contributed by atoms with E-state index < -0.39 is 0 Å². The highest BCUT2D eigenvalue weighted by Crippen LogP contribution is 2.35. The van der Waals surface area contributed by atoms with Crippen LogP contribution in [-0.4, -0.2) is 15.9 Å². The van der Waals surface area contributed by atoms with Crippen molar-refractivity contribution in [3.05, 3.63) is 64.3 Å². The highest BCUT2D eigenvalue weighted by molar-refractivity contribution is 6.33. The molecule has 2 N–H and O–H groups in total. The van der Waals surface area contributed by atoms with E-state index in [1.807, 2.05) is 24.3 Å². The van der Waals surface area contributed by atoms with Crippen LogP contribution in [0.5, 0.6) is 0 Å². The average Bonchev–Trinajstić information content (AvgIpc) is 2.71. The number of halogens is 2. The smallest absolute Gasteiger partial charge is 0.228 e. The molecule has 3 aromatic rings. The third-order valence-corrected chi connectivity index (χ3v) is 4.41. The number of carbonyl (C=O) groups excluding carboxylic acids is 1. The summed E-state index contributed by atoms with van der Waals surface area (Å²) in [5.41, 5.74) is 3.59. The number of benzene rings is 2. The van der Waals surface area contributed by atoms with Gasteiger partial charge in [0.25, 0.3) is 0 Å². The minimum absolute atomic E-state index is 0.127. The number of nitrogens with one attached hydrogen (secondary N) is 2. The van der Waals surface area contributed by atoms with Crippen molar-refractivity contribution in [3.8, 4) is 11.3 Å². The standard InChI is InChI=1S/C18H12Cl2N4O/c19-11-5-6-12-15(8-11)22-16(25)7-10-9-21-18(24-17(10)12)23-14-4-2-1-3-13(14)20/h1-6,8-9H,7H2,(H,22,25)(H,21,23,24). The summed E-state index contributed by atoms with van der Waals surface area (Å²) in [5.74, 6) is 0.278. The van der Waals surface area contributed by atoms with Crippen LogP contribution in [0.1, 0.15) is 5.56 Å². The molecule has 1 amide bonds. The van der Waals surface area contributed by atoms with Gasteiger partial charge < -0.3 is 10.6 Å². The van der Waals surface area contributed by atoms with Crippen LogP contribution < -0.4 is 10.6 Å². The van der Waals surface area contributed by atoms with Crippen molar-refractivity contribution in [1.29, 1.82) is 0 Å². The minimum Gasteiger partial charge on any atom is -0.325 e. The zero-order valence-corrected chi connectivity index (χ0v) is 14.4. The first-order valence-electron chi connectivity index (χ1n) is 7.57. The molecule has 0 bridgehead atoms. The molecule has 1 aliphatic rings. The number of para-hydroxylation sites is 1. The second-order valence-electron chi connectivity index (χ2n) is 5.59. The van der Waals surface area contributed by atoms with E-state index in [2.05, 4.69) is 20.6 Å². The van der Waals surface area contributed by atoms with Gasteiger partial charge in [0.1, 0.15) is 0 Å². The number of aromatic nitrogens is 2. The fourth-order valence-electron chi connectivity index (χ4n) is 2.71. The van der Waals surface area contributed by atoms with Crippen molar-refractivity contribution >= 4 is 46.4 Å². The molecule has 5 nitrogen and oxygen atoms in total. The second-order valence-corrected chi connectivity index (χ2v) is 6.43. The molecule has 0 atom stereocenters. The maximum atomic E-state index is 12.1. The lowest BCUT2D eigenvalue weighted by molar-refractivity contribution is -0.115. The van der Waals surface area contributed by atoms with Gasteiger partial charge in [0.05, 0.1) is 28.5 Å². The number of rotatable bonds is 2. The molecule has 0 aliphatic carbocycles. The molecule has 0 radical (unpaired) electrons. The van der Waals surface area contributed by atoms with E-state index in [1.165, 1.54) is 0 Å². The van der Waals surface area contributed by atoms with Gasteiger partial charge in [-0.25, -0.2) is 9.97 Å². The van der Waals surface area contributed by atoms with E-state index in [0.717, 1.165) is 11.1 Å². The largest absolute Gasteiger partial charge is 0.325 e. The first kappa shape index (κ1) is 15.9. The van der Waals surface area contributed by atoms with Crippen LogP contribution in [0.15, 0.2) is 48.7 Å². The van der Waals surface area contributed by atoms with Crippen molar-refractivity contribution in [2.75, 3.05) is 10.6 Å². The molecule has 2 aromatic carbocycles. The van der Waals surface area contributed by atoms with E-state index in [0.29, 0.717) is 33.1 Å². The van der Waals surface area contributed by atoms with Crippen LogP contribution in [0.3, 0.4) is 0 Å². The summed E-state index contributed by atoms with van der Waals surface area (Å²) in [5, 5.41) is 7.09. The van der Waals surface area contributed by atoms with Crippen LogP contribution >= 0.6 is 23.2 Å². The van der Waals surface area contributed by atoms with Gasteiger partial charge in [-0.15, -0.1) is 0 Å². The van der Waals surface area contributed by atoms with E-state index in [4.69, 9.17) is 23.2 Å². The Bertz CT molecular complexity index is 991. The molecular formula is C18H12Cl2N4O. The zero-order valence-electron chi connectivity index (χ0n) is 12.9. The highest BCUT2D eigenvalue weighted by Gasteiger charge is 2.21. The van der Waals surface area contributed by atoms with Gasteiger partial charge in [-0.05, 0) is 30.3 Å². The van der Waals surface area contributed by atoms with Crippen molar-refractivity contribution in [2.24, 2.45) is 0 Å². The molecule has 2 heterocycles. The summed E-state index contributed by atoms with van der Waals surface area (Å²) >= 11 is 12.2. The monoisotopic (exact) mass is 370 g/mol. The zero-order chi connectivity index (χ0) is 17.4. The maximum Gasteiger partial charge on any atom is 0.228 e. The van der Waals surface area contributed by atoms with Crippen LogP contribution in [0.4, 0.5) is 17.3 Å². The summed E-state index contributed by atoms with van der Waals surface area (Å²) in [6, 6.07) is 12.7. The Morgan fingerprint density at radius 2 is 1.96 bits per heavy atom. The molecule has 0 saturated carbocycles. The summed E-state index contributed by atoms with van der Waals surface area (Å²) in [6.07, 6.45) is 1.86. The number of fused-ring (bicyclic) bond motifs is 3. The normalized spacial score (nSPS) is 12.6. The molecular weight excluding hydrogens is 359 g/mol.